The largest absolute Gasteiger partial charge is 0.483 e. The van der Waals surface area contributed by atoms with E-state index in [0.29, 0.717) is 12.2 Å². The van der Waals surface area contributed by atoms with Gasteiger partial charge in [-0.1, -0.05) is 0 Å². The smallest absolute Gasteiger partial charge is 0.202 e. The Balaban J connectivity index is 2.17. The molecule has 82 valence electrons. The molecule has 0 bridgehead atoms. The molecule has 0 fully saturated rings. The average Bonchev–Trinajstić information content (AvgIpc) is 2.78. The van der Waals surface area contributed by atoms with Crippen LogP contribution in [0.15, 0.2) is 30.9 Å². The van der Waals surface area contributed by atoms with E-state index in [4.69, 9.17) is 10.1 Å². The van der Waals surface area contributed by atoms with E-state index in [9.17, 15) is 0 Å². The molecule has 2 aromatic heterocycles. The maximum absolute atomic E-state index is 7.38. The third kappa shape index (κ3) is 2.22. The standard InChI is InChI=1S/C10H11N5O/c1-16-10(11)7-15-5-2-8(14-15)9-6-12-3-4-13-9/h2-6,11H,7H2,1H3. The second-order valence-corrected chi connectivity index (χ2v) is 3.12. The highest BCUT2D eigenvalue weighted by molar-refractivity contribution is 5.72. The van der Waals surface area contributed by atoms with E-state index in [0.717, 1.165) is 5.69 Å². The molecule has 0 saturated carbocycles. The van der Waals surface area contributed by atoms with Gasteiger partial charge in [-0.15, -0.1) is 0 Å². The zero-order valence-electron chi connectivity index (χ0n) is 8.79. The summed E-state index contributed by atoms with van der Waals surface area (Å²) < 4.78 is 6.38. The summed E-state index contributed by atoms with van der Waals surface area (Å²) in [6, 6.07) is 1.83. The van der Waals surface area contributed by atoms with Gasteiger partial charge in [-0.05, 0) is 6.07 Å². The number of hydrogen-bond donors (Lipinski definition) is 1. The summed E-state index contributed by atoms with van der Waals surface area (Å²) in [5, 5.41) is 11.6. The lowest BCUT2D eigenvalue weighted by molar-refractivity contribution is 0.377. The van der Waals surface area contributed by atoms with Gasteiger partial charge in [0.25, 0.3) is 0 Å². The summed E-state index contributed by atoms with van der Waals surface area (Å²) in [5.74, 6) is 0.161. The number of ether oxygens (including phenoxy) is 1. The highest BCUT2D eigenvalue weighted by atomic mass is 16.5. The maximum Gasteiger partial charge on any atom is 0.202 e. The van der Waals surface area contributed by atoms with Crippen molar-refractivity contribution >= 4 is 5.90 Å². The van der Waals surface area contributed by atoms with Crippen molar-refractivity contribution in [1.29, 1.82) is 5.41 Å². The molecule has 0 radical (unpaired) electrons. The lowest BCUT2D eigenvalue weighted by atomic mass is 10.3. The summed E-state index contributed by atoms with van der Waals surface area (Å²) >= 11 is 0. The van der Waals surface area contributed by atoms with Gasteiger partial charge in [-0.2, -0.15) is 5.10 Å². The zero-order valence-corrected chi connectivity index (χ0v) is 8.79. The van der Waals surface area contributed by atoms with Crippen molar-refractivity contribution in [1.82, 2.24) is 19.7 Å². The summed E-state index contributed by atoms with van der Waals surface area (Å²) in [6.07, 6.45) is 6.65. The van der Waals surface area contributed by atoms with Crippen LogP contribution >= 0.6 is 0 Å². The molecule has 0 aliphatic rings. The number of rotatable bonds is 3. The van der Waals surface area contributed by atoms with E-state index in [2.05, 4.69) is 15.1 Å². The number of methoxy groups -OCH3 is 1. The van der Waals surface area contributed by atoms with E-state index in [1.165, 1.54) is 7.11 Å². The molecule has 0 unspecified atom stereocenters. The van der Waals surface area contributed by atoms with Crippen LogP contribution in [0, 0.1) is 5.41 Å². The lowest BCUT2D eigenvalue weighted by Crippen LogP contribution is -2.11. The fraction of sp³-hybridized carbons (Fsp3) is 0.200. The van der Waals surface area contributed by atoms with Crippen LogP contribution in [0.5, 0.6) is 0 Å². The fourth-order valence-corrected chi connectivity index (χ4v) is 1.23. The second kappa shape index (κ2) is 4.52. The Kier molecular flexibility index (Phi) is 2.90. The topological polar surface area (TPSA) is 76.7 Å². The lowest BCUT2D eigenvalue weighted by Gasteiger charge is -2.01. The van der Waals surface area contributed by atoms with Crippen molar-refractivity contribution in [2.75, 3.05) is 7.11 Å². The van der Waals surface area contributed by atoms with Gasteiger partial charge in [-0.3, -0.25) is 20.1 Å². The first-order valence-corrected chi connectivity index (χ1v) is 4.71. The number of nitrogens with zero attached hydrogens (tertiary/aromatic N) is 4. The molecule has 2 heterocycles. The quantitative estimate of drug-likeness (QED) is 0.613. The van der Waals surface area contributed by atoms with Gasteiger partial charge in [0.2, 0.25) is 5.90 Å². The van der Waals surface area contributed by atoms with Crippen LogP contribution in [0.2, 0.25) is 0 Å². The van der Waals surface area contributed by atoms with Crippen molar-refractivity contribution in [3.63, 3.8) is 0 Å². The number of nitrogens with one attached hydrogen (secondary N) is 1. The molecule has 0 aromatic carbocycles. The van der Waals surface area contributed by atoms with Crippen molar-refractivity contribution < 1.29 is 4.74 Å². The molecule has 16 heavy (non-hydrogen) atoms. The zero-order chi connectivity index (χ0) is 11.4. The van der Waals surface area contributed by atoms with Crippen molar-refractivity contribution in [2.24, 2.45) is 0 Å². The predicted molar refractivity (Wildman–Crippen MR) is 58.0 cm³/mol. The van der Waals surface area contributed by atoms with Crippen LogP contribution in [0.4, 0.5) is 0 Å². The van der Waals surface area contributed by atoms with E-state index in [-0.39, 0.29) is 5.90 Å². The molecule has 0 atom stereocenters. The van der Waals surface area contributed by atoms with Gasteiger partial charge in [0, 0.05) is 18.6 Å². The van der Waals surface area contributed by atoms with E-state index < -0.39 is 0 Å². The SMILES string of the molecule is COC(=N)Cn1ccc(-c2cnccn2)n1. The first kappa shape index (κ1) is 10.3. The van der Waals surface area contributed by atoms with Crippen LogP contribution < -0.4 is 0 Å². The minimum Gasteiger partial charge on any atom is -0.483 e. The Morgan fingerprint density at radius 1 is 1.44 bits per heavy atom. The molecule has 1 N–H and O–H groups in total. The minimum atomic E-state index is 0.161. The number of aromatic nitrogens is 4. The molecule has 2 aromatic rings. The van der Waals surface area contributed by atoms with Crippen LogP contribution in [-0.2, 0) is 11.3 Å². The summed E-state index contributed by atoms with van der Waals surface area (Å²) in [6.45, 7) is 0.316. The maximum atomic E-state index is 7.38. The molecule has 0 aliphatic heterocycles. The van der Waals surface area contributed by atoms with E-state index >= 15 is 0 Å². The third-order valence-corrected chi connectivity index (χ3v) is 2.02. The minimum absolute atomic E-state index is 0.161. The van der Waals surface area contributed by atoms with Gasteiger partial charge in [-0.25, -0.2) is 0 Å². The van der Waals surface area contributed by atoms with Crippen LogP contribution in [0.3, 0.4) is 0 Å². The van der Waals surface area contributed by atoms with Gasteiger partial charge in [0.1, 0.15) is 17.9 Å². The molecule has 0 aliphatic carbocycles. The molecule has 0 saturated heterocycles. The monoisotopic (exact) mass is 217 g/mol. The molecule has 6 heteroatoms. The van der Waals surface area contributed by atoms with Crippen molar-refractivity contribution in [3.8, 4) is 11.4 Å². The Labute approximate surface area is 92.4 Å². The summed E-state index contributed by atoms with van der Waals surface area (Å²) in [7, 11) is 1.47. The Bertz CT molecular complexity index is 479. The summed E-state index contributed by atoms with van der Waals surface area (Å²) in [4.78, 5) is 8.11. The highest BCUT2D eigenvalue weighted by Crippen LogP contribution is 2.11. The predicted octanol–water partition coefficient (Wildman–Crippen LogP) is 0.964. The highest BCUT2D eigenvalue weighted by Gasteiger charge is 2.04. The molecular formula is C10H11N5O. The van der Waals surface area contributed by atoms with Crippen molar-refractivity contribution in [3.05, 3.63) is 30.9 Å². The van der Waals surface area contributed by atoms with Gasteiger partial charge in [0.15, 0.2) is 0 Å². The summed E-state index contributed by atoms with van der Waals surface area (Å²) in [5.41, 5.74) is 1.45. The van der Waals surface area contributed by atoms with E-state index in [1.54, 1.807) is 29.5 Å². The fourth-order valence-electron chi connectivity index (χ4n) is 1.23. The first-order valence-electron chi connectivity index (χ1n) is 4.71. The Morgan fingerprint density at radius 3 is 3.00 bits per heavy atom. The molecule has 2 rings (SSSR count). The van der Waals surface area contributed by atoms with Gasteiger partial charge >= 0.3 is 0 Å². The normalized spacial score (nSPS) is 10.1. The van der Waals surface area contributed by atoms with Crippen LogP contribution in [-0.4, -0.2) is 32.8 Å². The molecular weight excluding hydrogens is 206 g/mol. The Hall–Kier alpha value is -2.24. The van der Waals surface area contributed by atoms with Gasteiger partial charge in [0.05, 0.1) is 13.3 Å². The van der Waals surface area contributed by atoms with Crippen LogP contribution in [0.25, 0.3) is 11.4 Å². The van der Waals surface area contributed by atoms with Crippen LogP contribution in [0.1, 0.15) is 0 Å². The molecule has 6 nitrogen and oxygen atoms in total. The third-order valence-electron chi connectivity index (χ3n) is 2.02. The second-order valence-electron chi connectivity index (χ2n) is 3.12. The first-order chi connectivity index (χ1) is 7.79. The Morgan fingerprint density at radius 2 is 2.31 bits per heavy atom. The molecule has 0 spiro atoms. The molecule has 0 amide bonds. The van der Waals surface area contributed by atoms with Crippen molar-refractivity contribution in [2.45, 2.75) is 6.54 Å². The number of hydrogen-bond acceptors (Lipinski definition) is 5. The average molecular weight is 217 g/mol. The van der Waals surface area contributed by atoms with E-state index in [1.807, 2.05) is 6.07 Å². The van der Waals surface area contributed by atoms with Gasteiger partial charge < -0.3 is 4.74 Å².